The molecule has 0 fully saturated rings. The quantitative estimate of drug-likeness (QED) is 0.896. The molecule has 2 N–H and O–H groups in total. The number of rotatable bonds is 3. The van der Waals surface area contributed by atoms with Crippen molar-refractivity contribution in [2.75, 3.05) is 19.0 Å². The van der Waals surface area contributed by atoms with E-state index in [-0.39, 0.29) is 5.69 Å². The van der Waals surface area contributed by atoms with Crippen molar-refractivity contribution >= 4 is 27.6 Å². The predicted molar refractivity (Wildman–Crippen MR) is 63.8 cm³/mol. The summed E-state index contributed by atoms with van der Waals surface area (Å²) in [5.41, 5.74) is 0.270. The van der Waals surface area contributed by atoms with Gasteiger partial charge in [-0.15, -0.1) is 0 Å². The molecule has 0 spiro atoms. The lowest BCUT2D eigenvalue weighted by molar-refractivity contribution is -0.122. The number of urea groups is 1. The average Bonchev–Trinajstić information content (AvgIpc) is 2.26. The predicted octanol–water partition coefficient (Wildman–Crippen LogP) is 3.14. The van der Waals surface area contributed by atoms with Crippen LogP contribution in [0.1, 0.15) is 0 Å². The van der Waals surface area contributed by atoms with E-state index in [2.05, 4.69) is 21.2 Å². The van der Waals surface area contributed by atoms with E-state index in [0.29, 0.717) is 10.2 Å². The first-order valence-electron chi connectivity index (χ1n) is 4.77. The molecular weight excluding hydrogens is 317 g/mol. The molecule has 0 unspecified atom stereocenters. The third-order valence-corrected chi connectivity index (χ3v) is 2.35. The summed E-state index contributed by atoms with van der Waals surface area (Å²) in [6.07, 6.45) is -4.45. The molecule has 8 heteroatoms. The molecule has 0 aliphatic heterocycles. The molecule has 0 bridgehead atoms. The molecule has 1 aromatic rings. The van der Waals surface area contributed by atoms with Crippen LogP contribution in [0, 0.1) is 0 Å². The Balaban J connectivity index is 2.66. The van der Waals surface area contributed by atoms with Gasteiger partial charge < -0.3 is 15.4 Å². The maximum Gasteiger partial charge on any atom is 0.405 e. The Morgan fingerprint density at radius 1 is 1.44 bits per heavy atom. The molecule has 2 amide bonds. The van der Waals surface area contributed by atoms with E-state index in [1.54, 1.807) is 17.4 Å². The fourth-order valence-electron chi connectivity index (χ4n) is 1.12. The molecule has 0 atom stereocenters. The SMILES string of the molecule is COc1ccc(Br)cc1NC(=O)NCC(F)(F)F. The minimum Gasteiger partial charge on any atom is -0.495 e. The van der Waals surface area contributed by atoms with E-state index in [9.17, 15) is 18.0 Å². The van der Waals surface area contributed by atoms with Gasteiger partial charge in [-0.3, -0.25) is 0 Å². The number of amides is 2. The van der Waals surface area contributed by atoms with Crippen LogP contribution < -0.4 is 15.4 Å². The summed E-state index contributed by atoms with van der Waals surface area (Å²) in [5.74, 6) is 0.348. The van der Waals surface area contributed by atoms with Crippen LogP contribution >= 0.6 is 15.9 Å². The highest BCUT2D eigenvalue weighted by molar-refractivity contribution is 9.10. The zero-order valence-electron chi connectivity index (χ0n) is 9.27. The second-order valence-corrected chi connectivity index (χ2v) is 4.18. The van der Waals surface area contributed by atoms with Crippen molar-refractivity contribution in [1.82, 2.24) is 5.32 Å². The Bertz CT molecular complexity index is 438. The van der Waals surface area contributed by atoms with Gasteiger partial charge in [0.25, 0.3) is 0 Å². The Morgan fingerprint density at radius 3 is 2.67 bits per heavy atom. The number of anilines is 1. The molecule has 1 aromatic carbocycles. The van der Waals surface area contributed by atoms with Gasteiger partial charge >= 0.3 is 12.2 Å². The minimum absolute atomic E-state index is 0.270. The van der Waals surface area contributed by atoms with Gasteiger partial charge in [0, 0.05) is 4.47 Å². The normalized spacial score (nSPS) is 10.9. The first-order chi connectivity index (χ1) is 8.31. The van der Waals surface area contributed by atoms with Gasteiger partial charge in [-0.05, 0) is 18.2 Å². The van der Waals surface area contributed by atoms with Gasteiger partial charge in [0.05, 0.1) is 12.8 Å². The van der Waals surface area contributed by atoms with E-state index >= 15 is 0 Å². The standard InChI is InChI=1S/C10H10BrF3N2O2/c1-18-8-3-2-6(11)4-7(8)16-9(17)15-5-10(12,13)14/h2-4H,5H2,1H3,(H2,15,16,17). The maximum absolute atomic E-state index is 11.9. The van der Waals surface area contributed by atoms with Gasteiger partial charge in [-0.25, -0.2) is 4.79 Å². The van der Waals surface area contributed by atoms with E-state index in [4.69, 9.17) is 4.74 Å². The number of carbonyl (C=O) groups is 1. The van der Waals surface area contributed by atoms with Gasteiger partial charge in [0.2, 0.25) is 0 Å². The molecule has 100 valence electrons. The summed E-state index contributed by atoms with van der Waals surface area (Å²) in [7, 11) is 1.39. The molecule has 1 rings (SSSR count). The molecule has 18 heavy (non-hydrogen) atoms. The smallest absolute Gasteiger partial charge is 0.405 e. The minimum atomic E-state index is -4.45. The van der Waals surface area contributed by atoms with Crippen LogP contribution in [0.15, 0.2) is 22.7 Å². The van der Waals surface area contributed by atoms with Crippen molar-refractivity contribution in [2.24, 2.45) is 0 Å². The Kier molecular flexibility index (Phi) is 4.83. The van der Waals surface area contributed by atoms with Crippen LogP contribution in [0.5, 0.6) is 5.75 Å². The number of ether oxygens (including phenoxy) is 1. The molecule has 0 radical (unpaired) electrons. The molecule has 0 saturated heterocycles. The topological polar surface area (TPSA) is 50.4 Å². The number of benzene rings is 1. The van der Waals surface area contributed by atoms with Crippen LogP contribution in [-0.4, -0.2) is 25.9 Å². The van der Waals surface area contributed by atoms with E-state index in [1.807, 2.05) is 0 Å². The van der Waals surface area contributed by atoms with Crippen molar-refractivity contribution < 1.29 is 22.7 Å². The largest absolute Gasteiger partial charge is 0.495 e. The van der Waals surface area contributed by atoms with Crippen molar-refractivity contribution in [3.8, 4) is 5.75 Å². The van der Waals surface area contributed by atoms with Crippen LogP contribution in [0.25, 0.3) is 0 Å². The number of nitrogens with one attached hydrogen (secondary N) is 2. The Hall–Kier alpha value is -1.44. The maximum atomic E-state index is 11.9. The first-order valence-corrected chi connectivity index (χ1v) is 5.56. The molecular formula is C10H10BrF3N2O2. The fraction of sp³-hybridized carbons (Fsp3) is 0.300. The average molecular weight is 327 g/mol. The summed E-state index contributed by atoms with van der Waals surface area (Å²) < 4.78 is 41.3. The summed E-state index contributed by atoms with van der Waals surface area (Å²) in [4.78, 5) is 11.2. The Morgan fingerprint density at radius 2 is 2.11 bits per heavy atom. The molecule has 0 heterocycles. The summed E-state index contributed by atoms with van der Waals surface area (Å²) in [6.45, 7) is -1.39. The number of hydrogen-bond donors (Lipinski definition) is 2. The third kappa shape index (κ3) is 4.82. The van der Waals surface area contributed by atoms with Gasteiger partial charge in [0.1, 0.15) is 12.3 Å². The van der Waals surface area contributed by atoms with Crippen molar-refractivity contribution in [3.63, 3.8) is 0 Å². The highest BCUT2D eigenvalue weighted by Crippen LogP contribution is 2.27. The molecule has 4 nitrogen and oxygen atoms in total. The van der Waals surface area contributed by atoms with Crippen molar-refractivity contribution in [2.45, 2.75) is 6.18 Å². The lowest BCUT2D eigenvalue weighted by atomic mass is 10.3. The van der Waals surface area contributed by atoms with Crippen LogP contribution in [0.2, 0.25) is 0 Å². The number of methoxy groups -OCH3 is 1. The number of alkyl halides is 3. The summed E-state index contributed by atoms with van der Waals surface area (Å²) >= 11 is 3.18. The highest BCUT2D eigenvalue weighted by Gasteiger charge is 2.27. The molecule has 0 aliphatic rings. The van der Waals surface area contributed by atoms with Gasteiger partial charge in [-0.2, -0.15) is 13.2 Å². The summed E-state index contributed by atoms with van der Waals surface area (Å²) in [5, 5.41) is 3.97. The molecule has 0 aliphatic carbocycles. The van der Waals surface area contributed by atoms with E-state index in [0.717, 1.165) is 0 Å². The van der Waals surface area contributed by atoms with Gasteiger partial charge in [-0.1, -0.05) is 15.9 Å². The lowest BCUT2D eigenvalue weighted by Gasteiger charge is -2.12. The van der Waals surface area contributed by atoms with Gasteiger partial charge in [0.15, 0.2) is 0 Å². The third-order valence-electron chi connectivity index (χ3n) is 1.86. The lowest BCUT2D eigenvalue weighted by Crippen LogP contribution is -2.36. The zero-order valence-corrected chi connectivity index (χ0v) is 10.9. The Labute approximate surface area is 110 Å². The van der Waals surface area contributed by atoms with Crippen LogP contribution in [0.3, 0.4) is 0 Å². The van der Waals surface area contributed by atoms with Crippen molar-refractivity contribution in [3.05, 3.63) is 22.7 Å². The highest BCUT2D eigenvalue weighted by atomic mass is 79.9. The molecule has 0 aromatic heterocycles. The second-order valence-electron chi connectivity index (χ2n) is 3.27. The van der Waals surface area contributed by atoms with E-state index in [1.165, 1.54) is 13.2 Å². The number of hydrogen-bond acceptors (Lipinski definition) is 2. The fourth-order valence-corrected chi connectivity index (χ4v) is 1.49. The van der Waals surface area contributed by atoms with Crippen LogP contribution in [0.4, 0.5) is 23.7 Å². The number of halogens is 4. The summed E-state index contributed by atoms with van der Waals surface area (Å²) in [6, 6.07) is 3.82. The monoisotopic (exact) mass is 326 g/mol. The van der Waals surface area contributed by atoms with Crippen LogP contribution in [-0.2, 0) is 0 Å². The first kappa shape index (κ1) is 14.6. The van der Waals surface area contributed by atoms with E-state index < -0.39 is 18.8 Å². The van der Waals surface area contributed by atoms with Crippen molar-refractivity contribution in [1.29, 1.82) is 0 Å². The number of carbonyl (C=O) groups excluding carboxylic acids is 1. The second kappa shape index (κ2) is 5.94. The molecule has 0 saturated carbocycles. The zero-order chi connectivity index (χ0) is 13.8.